The molecule has 1 atom stereocenters. The number of rotatable bonds is 5. The highest BCUT2D eigenvalue weighted by atomic mass is 16.5. The van der Waals surface area contributed by atoms with Gasteiger partial charge in [0.25, 0.3) is 0 Å². The van der Waals surface area contributed by atoms with Crippen molar-refractivity contribution in [3.8, 4) is 0 Å². The highest BCUT2D eigenvalue weighted by molar-refractivity contribution is 5.75. The Kier molecular flexibility index (Phi) is 5.56. The molecular formula is C10H20N2O2. The zero-order valence-corrected chi connectivity index (χ0v) is 8.84. The van der Waals surface area contributed by atoms with Gasteiger partial charge in [-0.2, -0.15) is 0 Å². The molecule has 0 saturated carbocycles. The van der Waals surface area contributed by atoms with Crippen molar-refractivity contribution in [2.45, 2.75) is 31.8 Å². The molecule has 1 rings (SSSR count). The molecule has 4 heteroatoms. The molecule has 0 radical (unpaired) electrons. The number of hydrogen-bond donors (Lipinski definition) is 2. The van der Waals surface area contributed by atoms with Crippen LogP contribution in [0.3, 0.4) is 0 Å². The highest BCUT2D eigenvalue weighted by Crippen LogP contribution is 2.06. The molecule has 1 aliphatic rings. The number of carbonyl (C=O) groups excluding carboxylic acids is 1. The molecule has 0 aromatic carbocycles. The van der Waals surface area contributed by atoms with Crippen molar-refractivity contribution >= 4 is 5.91 Å². The van der Waals surface area contributed by atoms with Gasteiger partial charge in [0.2, 0.25) is 5.91 Å². The summed E-state index contributed by atoms with van der Waals surface area (Å²) in [5.74, 6) is 0.0929. The first kappa shape index (κ1) is 11.5. The Labute approximate surface area is 85.4 Å². The second-order valence-corrected chi connectivity index (χ2v) is 3.62. The molecule has 1 heterocycles. The van der Waals surface area contributed by atoms with Crippen LogP contribution in [0.25, 0.3) is 0 Å². The van der Waals surface area contributed by atoms with Crippen LogP contribution in [0.5, 0.6) is 0 Å². The van der Waals surface area contributed by atoms with Gasteiger partial charge in [-0.15, -0.1) is 0 Å². The molecule has 0 spiro atoms. The van der Waals surface area contributed by atoms with E-state index in [0.29, 0.717) is 19.1 Å². The molecule has 0 bridgehead atoms. The summed E-state index contributed by atoms with van der Waals surface area (Å²) in [5, 5.41) is 5.89. The molecule has 82 valence electrons. The van der Waals surface area contributed by atoms with Crippen molar-refractivity contribution in [2.24, 2.45) is 0 Å². The molecular weight excluding hydrogens is 180 g/mol. The summed E-state index contributed by atoms with van der Waals surface area (Å²) in [5.41, 5.74) is 0. The number of nitrogens with one attached hydrogen (secondary N) is 2. The van der Waals surface area contributed by atoms with Crippen molar-refractivity contribution < 1.29 is 9.53 Å². The van der Waals surface area contributed by atoms with Gasteiger partial charge >= 0.3 is 0 Å². The first-order valence-electron chi connectivity index (χ1n) is 5.36. The quantitative estimate of drug-likeness (QED) is 0.627. The molecule has 1 amide bonds. The van der Waals surface area contributed by atoms with E-state index >= 15 is 0 Å². The molecule has 1 fully saturated rings. The molecule has 0 aliphatic carbocycles. The lowest BCUT2D eigenvalue weighted by Crippen LogP contribution is -2.35. The van der Waals surface area contributed by atoms with Crippen LogP contribution < -0.4 is 10.6 Å². The van der Waals surface area contributed by atoms with Gasteiger partial charge in [-0.1, -0.05) is 0 Å². The summed E-state index contributed by atoms with van der Waals surface area (Å²) in [4.78, 5) is 10.9. The smallest absolute Gasteiger partial charge is 0.219 e. The van der Waals surface area contributed by atoms with E-state index in [1.54, 1.807) is 7.05 Å². The Hall–Kier alpha value is -0.610. The van der Waals surface area contributed by atoms with E-state index in [0.717, 1.165) is 25.9 Å². The lowest BCUT2D eigenvalue weighted by Gasteiger charge is -2.22. The van der Waals surface area contributed by atoms with Crippen molar-refractivity contribution in [3.05, 3.63) is 0 Å². The van der Waals surface area contributed by atoms with E-state index in [1.165, 1.54) is 6.42 Å². The second kappa shape index (κ2) is 6.79. The number of piperidine rings is 1. The van der Waals surface area contributed by atoms with Gasteiger partial charge in [-0.3, -0.25) is 4.79 Å². The summed E-state index contributed by atoms with van der Waals surface area (Å²) in [6.45, 7) is 2.76. The first-order valence-corrected chi connectivity index (χ1v) is 5.36. The lowest BCUT2D eigenvalue weighted by atomic mass is 10.1. The number of hydrogen-bond acceptors (Lipinski definition) is 3. The predicted molar refractivity (Wildman–Crippen MR) is 55.1 cm³/mol. The summed E-state index contributed by atoms with van der Waals surface area (Å²) in [6, 6.07) is 0. The van der Waals surface area contributed by atoms with Crippen LogP contribution in [0.2, 0.25) is 0 Å². The highest BCUT2D eigenvalue weighted by Gasteiger charge is 2.12. The lowest BCUT2D eigenvalue weighted by molar-refractivity contribution is -0.121. The SMILES string of the molecule is CNC(=O)CCCO[C@H]1CCCNC1. The monoisotopic (exact) mass is 200 g/mol. The zero-order valence-electron chi connectivity index (χ0n) is 8.84. The first-order chi connectivity index (χ1) is 6.83. The van der Waals surface area contributed by atoms with Crippen LogP contribution in [-0.2, 0) is 9.53 Å². The summed E-state index contributed by atoms with van der Waals surface area (Å²) < 4.78 is 5.64. The average molecular weight is 200 g/mol. The number of amides is 1. The van der Waals surface area contributed by atoms with Gasteiger partial charge in [0, 0.05) is 26.6 Å². The van der Waals surface area contributed by atoms with Crippen LogP contribution in [0.1, 0.15) is 25.7 Å². The summed E-state index contributed by atoms with van der Waals surface area (Å²) in [7, 11) is 1.66. The molecule has 1 saturated heterocycles. The molecule has 0 unspecified atom stereocenters. The van der Waals surface area contributed by atoms with Gasteiger partial charge < -0.3 is 15.4 Å². The van der Waals surface area contributed by atoms with Crippen molar-refractivity contribution in [3.63, 3.8) is 0 Å². The summed E-state index contributed by atoms with van der Waals surface area (Å²) >= 11 is 0. The van der Waals surface area contributed by atoms with Crippen molar-refractivity contribution in [2.75, 3.05) is 26.7 Å². The van der Waals surface area contributed by atoms with E-state index in [9.17, 15) is 4.79 Å². The van der Waals surface area contributed by atoms with E-state index in [4.69, 9.17) is 4.74 Å². The van der Waals surface area contributed by atoms with Crippen LogP contribution in [0.4, 0.5) is 0 Å². The predicted octanol–water partition coefficient (Wildman–Crippen LogP) is 0.281. The topological polar surface area (TPSA) is 50.4 Å². The Bertz CT molecular complexity index is 168. The van der Waals surface area contributed by atoms with E-state index in [1.807, 2.05) is 0 Å². The van der Waals surface area contributed by atoms with E-state index < -0.39 is 0 Å². The fraction of sp³-hybridized carbons (Fsp3) is 0.900. The van der Waals surface area contributed by atoms with E-state index in [2.05, 4.69) is 10.6 Å². The zero-order chi connectivity index (χ0) is 10.2. The average Bonchev–Trinajstić information content (AvgIpc) is 2.25. The molecule has 4 nitrogen and oxygen atoms in total. The third-order valence-electron chi connectivity index (χ3n) is 2.43. The Morgan fingerprint density at radius 3 is 3.14 bits per heavy atom. The largest absolute Gasteiger partial charge is 0.377 e. The van der Waals surface area contributed by atoms with Crippen LogP contribution in [-0.4, -0.2) is 38.8 Å². The third kappa shape index (κ3) is 4.58. The van der Waals surface area contributed by atoms with Crippen LogP contribution in [0, 0.1) is 0 Å². The molecule has 1 aliphatic heterocycles. The number of ether oxygens (including phenoxy) is 1. The maximum absolute atomic E-state index is 10.9. The Morgan fingerprint density at radius 2 is 2.50 bits per heavy atom. The molecule has 14 heavy (non-hydrogen) atoms. The number of carbonyl (C=O) groups is 1. The van der Waals surface area contributed by atoms with Gasteiger partial charge in [0.05, 0.1) is 6.10 Å². The maximum atomic E-state index is 10.9. The van der Waals surface area contributed by atoms with Crippen LogP contribution in [0.15, 0.2) is 0 Å². The third-order valence-corrected chi connectivity index (χ3v) is 2.43. The van der Waals surface area contributed by atoms with Gasteiger partial charge in [-0.25, -0.2) is 0 Å². The van der Waals surface area contributed by atoms with Crippen LogP contribution >= 0.6 is 0 Å². The van der Waals surface area contributed by atoms with Crippen molar-refractivity contribution in [1.29, 1.82) is 0 Å². The van der Waals surface area contributed by atoms with Gasteiger partial charge in [0.1, 0.15) is 0 Å². The van der Waals surface area contributed by atoms with Gasteiger partial charge in [-0.05, 0) is 25.8 Å². The maximum Gasteiger partial charge on any atom is 0.219 e. The molecule has 0 aromatic heterocycles. The van der Waals surface area contributed by atoms with E-state index in [-0.39, 0.29) is 5.91 Å². The van der Waals surface area contributed by atoms with Gasteiger partial charge in [0.15, 0.2) is 0 Å². The fourth-order valence-electron chi connectivity index (χ4n) is 1.57. The standard InChI is InChI=1S/C10H20N2O2/c1-11-10(13)5-3-7-14-9-4-2-6-12-8-9/h9,12H,2-8H2,1H3,(H,11,13)/t9-/m0/s1. The molecule has 2 N–H and O–H groups in total. The minimum Gasteiger partial charge on any atom is -0.377 e. The summed E-state index contributed by atoms with van der Waals surface area (Å²) in [6.07, 6.45) is 4.08. The second-order valence-electron chi connectivity index (χ2n) is 3.62. The normalized spacial score (nSPS) is 21.9. The minimum absolute atomic E-state index is 0.0929. The molecule has 0 aromatic rings. The van der Waals surface area contributed by atoms with Crippen molar-refractivity contribution in [1.82, 2.24) is 10.6 Å². The Morgan fingerprint density at radius 1 is 1.64 bits per heavy atom. The fourth-order valence-corrected chi connectivity index (χ4v) is 1.57. The minimum atomic E-state index is 0.0929. The Balaban J connectivity index is 1.94.